The molecule has 0 radical (unpaired) electrons. The van der Waals surface area contributed by atoms with Gasteiger partial charge >= 0.3 is 126 Å². The van der Waals surface area contributed by atoms with Crippen LogP contribution in [0.4, 0.5) is 0 Å². The first-order valence-corrected chi connectivity index (χ1v) is 17.8. The van der Waals surface area contributed by atoms with Crippen molar-refractivity contribution in [3.63, 3.8) is 0 Å². The Balaban J connectivity index is 0.000000507. The molecular weight excluding hydrogens is 615 g/mol. The van der Waals surface area contributed by atoms with Crippen molar-refractivity contribution in [2.75, 3.05) is 13.2 Å². The number of carbonyl (C=O) groups excluding carboxylic acids is 2. The second-order valence-corrected chi connectivity index (χ2v) is 13.1. The van der Waals surface area contributed by atoms with Crippen LogP contribution in [0.2, 0.25) is 0 Å². The van der Waals surface area contributed by atoms with Crippen LogP contribution in [0.15, 0.2) is 41.3 Å². The molecule has 0 bridgehead atoms. The number of esters is 2. The number of aromatic carboxylic acids is 2. The predicted molar refractivity (Wildman–Crippen MR) is 169 cm³/mol. The summed E-state index contributed by atoms with van der Waals surface area (Å²) < 4.78 is 42.1. The molecule has 11 nitrogen and oxygen atoms in total. The number of benzene rings is 2. The summed E-state index contributed by atoms with van der Waals surface area (Å²) in [5.74, 6) is -4.11. The molecule has 0 spiro atoms. The van der Waals surface area contributed by atoms with E-state index in [1.54, 1.807) is 24.3 Å². The number of carboxylic acid groups (broad SMARTS) is 2. The molecule has 0 saturated carbocycles. The number of carbonyl (C=O) groups is 4. The molecule has 0 aromatic heterocycles. The van der Waals surface area contributed by atoms with Crippen LogP contribution < -0.4 is 2.81 Å². The summed E-state index contributed by atoms with van der Waals surface area (Å²) in [6.07, 6.45) is 13.6. The zero-order chi connectivity index (χ0) is 33.8. The van der Waals surface area contributed by atoms with E-state index in [2.05, 4.69) is 13.8 Å². The van der Waals surface area contributed by atoms with Gasteiger partial charge in [0.15, 0.2) is 0 Å². The number of carboxylic acids is 2. The molecule has 0 atom stereocenters. The quantitative estimate of drug-likeness (QED) is 0.0713. The maximum absolute atomic E-state index is 12.4. The van der Waals surface area contributed by atoms with Crippen molar-refractivity contribution in [1.82, 2.24) is 0 Å². The van der Waals surface area contributed by atoms with Gasteiger partial charge in [-0.2, -0.15) is 0 Å². The van der Waals surface area contributed by atoms with Gasteiger partial charge in [0.1, 0.15) is 0 Å². The number of hydrogen-bond acceptors (Lipinski definition) is 8. The Hall–Kier alpha value is -2.77. The third-order valence-corrected chi connectivity index (χ3v) is 8.31. The molecule has 13 heteroatoms. The van der Waals surface area contributed by atoms with E-state index in [-0.39, 0.29) is 0 Å². The van der Waals surface area contributed by atoms with Crippen LogP contribution in [0.25, 0.3) is 0 Å². The predicted octanol–water partition coefficient (Wildman–Crippen LogP) is 5.84. The average molecular weight is 659 g/mol. The second-order valence-electron chi connectivity index (χ2n) is 10.6. The molecule has 0 fully saturated rings. The van der Waals surface area contributed by atoms with Crippen LogP contribution in [-0.4, -0.2) is 88.2 Å². The Labute approximate surface area is 282 Å². The topological polar surface area (TPSA) is 182 Å². The normalized spacial score (nSPS) is 10.9. The zero-order valence-electron chi connectivity index (χ0n) is 26.4. The first-order chi connectivity index (χ1) is 21.3. The molecule has 0 aliphatic rings. The van der Waals surface area contributed by atoms with Gasteiger partial charge in [0, 0.05) is 0 Å². The van der Waals surface area contributed by atoms with Crippen molar-refractivity contribution in [2.24, 2.45) is 0 Å². The van der Waals surface area contributed by atoms with Gasteiger partial charge in [-0.15, -0.1) is 0 Å². The summed E-state index contributed by atoms with van der Waals surface area (Å²) in [4.78, 5) is 45.3. The van der Waals surface area contributed by atoms with E-state index in [4.69, 9.17) is 24.2 Å². The molecule has 0 heterocycles. The van der Waals surface area contributed by atoms with E-state index in [0.29, 0.717) is 55.1 Å². The monoisotopic (exact) mass is 658 g/mol. The summed E-state index contributed by atoms with van der Waals surface area (Å²) in [7, 11) is -4.92. The molecule has 0 saturated heterocycles. The molecule has 3 N–H and O–H groups in total. The van der Waals surface area contributed by atoms with Crippen molar-refractivity contribution in [3.8, 4) is 0 Å². The third kappa shape index (κ3) is 15.4. The van der Waals surface area contributed by atoms with Crippen LogP contribution in [0, 0.1) is 0 Å². The van der Waals surface area contributed by atoms with E-state index in [9.17, 15) is 27.6 Å². The second kappa shape index (κ2) is 21.9. The van der Waals surface area contributed by atoms with Gasteiger partial charge in [-0.05, 0) is 25.0 Å². The van der Waals surface area contributed by atoms with Crippen molar-refractivity contribution < 1.29 is 51.8 Å². The van der Waals surface area contributed by atoms with Gasteiger partial charge in [0.25, 0.3) is 0 Å². The molecule has 2 aromatic rings. The van der Waals surface area contributed by atoms with Gasteiger partial charge in [-0.3, -0.25) is 0 Å². The number of hydrogen-bond donors (Lipinski definition) is 3. The van der Waals surface area contributed by atoms with Gasteiger partial charge in [-0.1, -0.05) is 90.2 Å². The van der Waals surface area contributed by atoms with Crippen LogP contribution in [0.5, 0.6) is 0 Å². The van der Waals surface area contributed by atoms with Crippen molar-refractivity contribution in [2.45, 2.75) is 95.8 Å². The average Bonchev–Trinajstić information content (AvgIpc) is 2.99. The number of unbranched alkanes of at least 4 members (excludes halogenated alkanes) is 10. The zero-order valence-corrected chi connectivity index (χ0v) is 29.2. The van der Waals surface area contributed by atoms with E-state index >= 15 is 0 Å². The van der Waals surface area contributed by atoms with Crippen molar-refractivity contribution >= 4 is 64.7 Å². The maximum atomic E-state index is 12.4. The molecule has 2 rings (SSSR count). The fraction of sp³-hybridized carbons (Fsp3) is 0.500. The Morgan fingerprint density at radius 1 is 0.644 bits per heavy atom. The van der Waals surface area contributed by atoms with Crippen LogP contribution in [0.1, 0.15) is 132 Å². The fourth-order valence-electron chi connectivity index (χ4n) is 4.46. The number of ether oxygens (including phenoxy) is 2. The molecule has 0 aliphatic heterocycles. The minimum absolute atomic E-state index is 0.293. The van der Waals surface area contributed by atoms with Crippen molar-refractivity contribution in [3.05, 3.63) is 58.7 Å². The molecule has 0 aliphatic carbocycles. The first kappa shape index (κ1) is 40.3. The summed E-state index contributed by atoms with van der Waals surface area (Å²) in [5, 5.41) is 17.6. The van der Waals surface area contributed by atoms with E-state index in [0.717, 1.165) is 37.8 Å². The van der Waals surface area contributed by atoms with Crippen LogP contribution in [0.3, 0.4) is 0 Å². The summed E-state index contributed by atoms with van der Waals surface area (Å²) >= 11 is 0.344. The molecule has 2 aromatic carbocycles. The van der Waals surface area contributed by atoms with Gasteiger partial charge in [-0.25, -0.2) is 9.59 Å². The van der Waals surface area contributed by atoms with E-state index in [1.807, 2.05) is 0 Å². The summed E-state index contributed by atoms with van der Waals surface area (Å²) in [5.41, 5.74) is -0.891. The van der Waals surface area contributed by atoms with Gasteiger partial charge in [0.2, 0.25) is 0 Å². The molecular formula is C32H43NaO11S. The van der Waals surface area contributed by atoms with Crippen molar-refractivity contribution in [1.29, 1.82) is 0 Å². The molecule has 244 valence electrons. The number of rotatable bonds is 19. The first-order valence-electron chi connectivity index (χ1n) is 15.4. The summed E-state index contributed by atoms with van der Waals surface area (Å²) in [6, 6.07) is 8.81. The Morgan fingerprint density at radius 2 is 1.00 bits per heavy atom. The van der Waals surface area contributed by atoms with E-state index < -0.39 is 50.0 Å². The third-order valence-electron chi connectivity index (χ3n) is 6.78. The standard InChI is InChI=1S/C24H38O4.C8H5O7S.Na/c1-3-5-7-9-11-15-19-27-23(25)21-17-13-14-18-22(21)24(26)28-20-16-12-10-8-6-4-2;9-7(10)4-2-1-3-5(8(11)12)6(4)16(13,14)15;/h13-14,17-18H,3-12,15-16,19-20H2,1-2H3;2-3H,(H,9,10)(H,11,12)(H,13,14,15);. The Bertz CT molecular complexity index is 1290. The van der Waals surface area contributed by atoms with Gasteiger partial charge < -0.3 is 9.47 Å². The molecule has 0 unspecified atom stereocenters. The Morgan fingerprint density at radius 3 is 1.33 bits per heavy atom. The van der Waals surface area contributed by atoms with Crippen LogP contribution >= 0.6 is 0 Å². The SMILES string of the molecule is CCCCCCCCOC(=O)c1ccccc1C(=O)OCCCCCCCC.O=C(O)c1c[c]([Na])cc(C(=O)O)c1S(=O)(=O)O. The van der Waals surface area contributed by atoms with Gasteiger partial charge in [0.05, 0.1) is 24.3 Å². The molecule has 0 amide bonds. The van der Waals surface area contributed by atoms with Crippen LogP contribution in [-0.2, 0) is 19.6 Å². The van der Waals surface area contributed by atoms with E-state index in [1.165, 1.54) is 51.4 Å². The Kier molecular flexibility index (Phi) is 19.6. The molecule has 45 heavy (non-hydrogen) atoms. The minimum atomic E-state index is -4.92. The fourth-order valence-corrected chi connectivity index (χ4v) is 5.88. The summed E-state index contributed by atoms with van der Waals surface area (Å²) in [6.45, 7) is 5.17.